The molecule has 1 aromatic carbocycles. The van der Waals surface area contributed by atoms with E-state index in [1.54, 1.807) is 14.0 Å². The summed E-state index contributed by atoms with van der Waals surface area (Å²) in [6.07, 6.45) is 0.583. The Hall–Kier alpha value is -1.31. The predicted molar refractivity (Wildman–Crippen MR) is 82.3 cm³/mol. The van der Waals surface area contributed by atoms with Crippen LogP contribution in [0.25, 0.3) is 0 Å². The number of piperazine rings is 1. The lowest BCUT2D eigenvalue weighted by atomic mass is 10.1. The van der Waals surface area contributed by atoms with Crippen LogP contribution in [0.15, 0.2) is 18.2 Å². The Bertz CT molecular complexity index is 593. The number of anilines is 1. The zero-order valence-electron chi connectivity index (χ0n) is 12.6. The molecule has 1 aliphatic heterocycles. The average Bonchev–Trinajstić information content (AvgIpc) is 2.45. The molecule has 6 nitrogen and oxygen atoms in total. The molecule has 1 N–H and O–H groups in total. The quantitative estimate of drug-likeness (QED) is 0.891. The highest BCUT2D eigenvalue weighted by Gasteiger charge is 2.26. The number of rotatable bonds is 4. The van der Waals surface area contributed by atoms with Crippen molar-refractivity contribution in [3.63, 3.8) is 0 Å². The summed E-state index contributed by atoms with van der Waals surface area (Å²) in [5.74, 6) is 0.646. The van der Waals surface area contributed by atoms with Gasteiger partial charge in [0.2, 0.25) is 10.0 Å². The number of nitrogens with zero attached hydrogens (tertiary/aromatic N) is 2. The maximum absolute atomic E-state index is 11.6. The Kier molecular flexibility index (Phi) is 4.75. The summed E-state index contributed by atoms with van der Waals surface area (Å²) in [5, 5.41) is 10.0. The van der Waals surface area contributed by atoms with Crippen LogP contribution < -0.4 is 9.64 Å². The molecule has 1 saturated heterocycles. The first-order valence-electron chi connectivity index (χ1n) is 6.89. The van der Waals surface area contributed by atoms with Gasteiger partial charge in [0.1, 0.15) is 5.75 Å². The molecule has 118 valence electrons. The average molecular weight is 314 g/mol. The minimum Gasteiger partial charge on any atom is -0.496 e. The summed E-state index contributed by atoms with van der Waals surface area (Å²) in [6, 6.07) is 5.63. The number of hydrogen-bond donors (Lipinski definition) is 1. The number of benzene rings is 1. The molecular formula is C14H22N2O4S. The molecule has 0 spiro atoms. The number of aliphatic hydroxyl groups is 1. The van der Waals surface area contributed by atoms with Crippen LogP contribution in [0, 0.1) is 0 Å². The first kappa shape index (κ1) is 16.1. The summed E-state index contributed by atoms with van der Waals surface area (Å²) in [5.41, 5.74) is 1.64. The van der Waals surface area contributed by atoms with Gasteiger partial charge in [-0.3, -0.25) is 0 Å². The van der Waals surface area contributed by atoms with Crippen molar-refractivity contribution in [3.8, 4) is 5.75 Å². The molecule has 0 amide bonds. The summed E-state index contributed by atoms with van der Waals surface area (Å²) in [6.45, 7) is 3.80. The van der Waals surface area contributed by atoms with E-state index in [0.29, 0.717) is 31.9 Å². The Morgan fingerprint density at radius 1 is 1.24 bits per heavy atom. The molecule has 0 bridgehead atoms. The summed E-state index contributed by atoms with van der Waals surface area (Å²) in [4.78, 5) is 2.09. The van der Waals surface area contributed by atoms with Crippen molar-refractivity contribution in [2.45, 2.75) is 13.0 Å². The first-order chi connectivity index (χ1) is 9.84. The van der Waals surface area contributed by atoms with Gasteiger partial charge in [-0.05, 0) is 19.1 Å². The molecule has 0 aromatic heterocycles. The van der Waals surface area contributed by atoms with Crippen LogP contribution >= 0.6 is 0 Å². The predicted octanol–water partition coefficient (Wildman–Crippen LogP) is 0.830. The van der Waals surface area contributed by atoms with Gasteiger partial charge in [-0.1, -0.05) is 6.07 Å². The largest absolute Gasteiger partial charge is 0.496 e. The molecule has 7 heteroatoms. The molecule has 0 saturated carbocycles. The number of hydrogen-bond acceptors (Lipinski definition) is 5. The van der Waals surface area contributed by atoms with E-state index in [4.69, 9.17) is 4.74 Å². The van der Waals surface area contributed by atoms with Crippen molar-refractivity contribution < 1.29 is 18.3 Å². The van der Waals surface area contributed by atoms with E-state index in [1.165, 1.54) is 10.6 Å². The van der Waals surface area contributed by atoms with E-state index in [2.05, 4.69) is 4.90 Å². The highest BCUT2D eigenvalue weighted by molar-refractivity contribution is 7.88. The second-order valence-corrected chi connectivity index (χ2v) is 7.20. The van der Waals surface area contributed by atoms with Crippen molar-refractivity contribution in [1.29, 1.82) is 0 Å². The fraction of sp³-hybridized carbons (Fsp3) is 0.571. The second-order valence-electron chi connectivity index (χ2n) is 5.22. The van der Waals surface area contributed by atoms with Crippen molar-refractivity contribution in [3.05, 3.63) is 23.8 Å². The van der Waals surface area contributed by atoms with Gasteiger partial charge in [0.25, 0.3) is 0 Å². The molecule has 0 aliphatic carbocycles. The van der Waals surface area contributed by atoms with Crippen molar-refractivity contribution in [2.75, 3.05) is 44.4 Å². The molecule has 0 unspecified atom stereocenters. The van der Waals surface area contributed by atoms with E-state index in [-0.39, 0.29) is 0 Å². The Morgan fingerprint density at radius 3 is 2.33 bits per heavy atom. The Balaban J connectivity index is 2.25. The van der Waals surface area contributed by atoms with Gasteiger partial charge in [0.05, 0.1) is 19.5 Å². The number of aliphatic hydroxyl groups excluding tert-OH is 1. The lowest BCUT2D eigenvalue weighted by molar-refractivity contribution is 0.194. The number of sulfonamides is 1. The minimum absolute atomic E-state index is 0.454. The van der Waals surface area contributed by atoms with E-state index in [1.807, 2.05) is 18.2 Å². The van der Waals surface area contributed by atoms with Gasteiger partial charge in [0, 0.05) is 37.4 Å². The molecule has 21 heavy (non-hydrogen) atoms. The zero-order valence-corrected chi connectivity index (χ0v) is 13.4. The zero-order chi connectivity index (χ0) is 15.6. The number of methoxy groups -OCH3 is 1. The Morgan fingerprint density at radius 2 is 1.86 bits per heavy atom. The molecular weight excluding hydrogens is 292 g/mol. The lowest BCUT2D eigenvalue weighted by Crippen LogP contribution is -2.48. The maximum atomic E-state index is 11.6. The summed E-state index contributed by atoms with van der Waals surface area (Å²) in [7, 11) is -1.56. The lowest BCUT2D eigenvalue weighted by Gasteiger charge is -2.36. The number of ether oxygens (including phenoxy) is 1. The van der Waals surface area contributed by atoms with Gasteiger partial charge in [0.15, 0.2) is 0 Å². The van der Waals surface area contributed by atoms with Crippen molar-refractivity contribution in [1.82, 2.24) is 4.31 Å². The van der Waals surface area contributed by atoms with Crippen LogP contribution in [0.3, 0.4) is 0 Å². The maximum Gasteiger partial charge on any atom is 0.211 e. The third-order valence-electron chi connectivity index (χ3n) is 3.73. The van der Waals surface area contributed by atoms with Gasteiger partial charge < -0.3 is 14.7 Å². The Labute approximate surface area is 126 Å². The SMILES string of the molecule is COc1cccc(N2CCN(S(C)(=O)=O)CC2)c1[C@@H](C)O. The fourth-order valence-corrected chi connectivity index (χ4v) is 3.49. The third kappa shape index (κ3) is 3.48. The smallest absolute Gasteiger partial charge is 0.211 e. The molecule has 1 aliphatic rings. The molecule has 1 atom stereocenters. The summed E-state index contributed by atoms with van der Waals surface area (Å²) < 4.78 is 29.9. The van der Waals surface area contributed by atoms with E-state index >= 15 is 0 Å². The van der Waals surface area contributed by atoms with Crippen molar-refractivity contribution >= 4 is 15.7 Å². The minimum atomic E-state index is -3.14. The van der Waals surface area contributed by atoms with Gasteiger partial charge >= 0.3 is 0 Å². The van der Waals surface area contributed by atoms with Crippen LogP contribution in [0.4, 0.5) is 5.69 Å². The molecule has 1 aromatic rings. The monoisotopic (exact) mass is 314 g/mol. The summed E-state index contributed by atoms with van der Waals surface area (Å²) >= 11 is 0. The molecule has 0 radical (unpaired) electrons. The first-order valence-corrected chi connectivity index (χ1v) is 8.74. The highest BCUT2D eigenvalue weighted by Crippen LogP contribution is 2.35. The molecule has 1 fully saturated rings. The van der Waals surface area contributed by atoms with Crippen molar-refractivity contribution in [2.24, 2.45) is 0 Å². The molecule has 2 rings (SSSR count). The van der Waals surface area contributed by atoms with Crippen LogP contribution in [-0.2, 0) is 10.0 Å². The van der Waals surface area contributed by atoms with Crippen LogP contribution in [-0.4, -0.2) is 57.4 Å². The fourth-order valence-electron chi connectivity index (χ4n) is 2.67. The van der Waals surface area contributed by atoms with E-state index in [0.717, 1.165) is 11.3 Å². The van der Waals surface area contributed by atoms with E-state index in [9.17, 15) is 13.5 Å². The van der Waals surface area contributed by atoms with E-state index < -0.39 is 16.1 Å². The third-order valence-corrected chi connectivity index (χ3v) is 5.03. The normalized spacial score (nSPS) is 18.6. The second kappa shape index (κ2) is 6.21. The highest BCUT2D eigenvalue weighted by atomic mass is 32.2. The molecule has 1 heterocycles. The van der Waals surface area contributed by atoms with Crippen LogP contribution in [0.2, 0.25) is 0 Å². The van der Waals surface area contributed by atoms with Crippen LogP contribution in [0.5, 0.6) is 5.75 Å². The topological polar surface area (TPSA) is 70.1 Å². The van der Waals surface area contributed by atoms with Gasteiger partial charge in [-0.25, -0.2) is 8.42 Å². The van der Waals surface area contributed by atoms with Crippen LogP contribution in [0.1, 0.15) is 18.6 Å². The standard InChI is InChI=1S/C14H22N2O4S/c1-11(17)14-12(5-4-6-13(14)20-2)15-7-9-16(10-8-15)21(3,18)19/h4-6,11,17H,7-10H2,1-3H3/t11-/m1/s1. The van der Waals surface area contributed by atoms with Gasteiger partial charge in [-0.2, -0.15) is 4.31 Å². The van der Waals surface area contributed by atoms with Gasteiger partial charge in [-0.15, -0.1) is 0 Å².